The summed E-state index contributed by atoms with van der Waals surface area (Å²) >= 11 is 0. The molecule has 15 heterocycles. The van der Waals surface area contributed by atoms with Crippen LogP contribution in [0.3, 0.4) is 0 Å². The van der Waals surface area contributed by atoms with Crippen LogP contribution in [-0.2, 0) is 72.3 Å². The molecule has 15 rings (SSSR count). The predicted molar refractivity (Wildman–Crippen MR) is 430 cm³/mol. The number of aromatic nitrogens is 19. The minimum atomic E-state index is -1.42. The molecule has 3 radical (unpaired) electrons. The van der Waals surface area contributed by atoms with E-state index in [4.69, 9.17) is 0 Å². The van der Waals surface area contributed by atoms with Crippen molar-refractivity contribution in [3.63, 3.8) is 0 Å². The van der Waals surface area contributed by atoms with Crippen LogP contribution in [0.5, 0.6) is 0 Å². The second-order valence-corrected chi connectivity index (χ2v) is 51.2. The van der Waals surface area contributed by atoms with Crippen LogP contribution in [0.1, 0.15) is 49.4 Å². The Bertz CT molecular complexity index is 5230. The maximum absolute atomic E-state index is 13.8. The van der Waals surface area contributed by atoms with E-state index >= 15 is 0 Å². The van der Waals surface area contributed by atoms with Gasteiger partial charge in [0.1, 0.15) is 41.2 Å². The van der Waals surface area contributed by atoms with Crippen LogP contribution in [0.4, 0.5) is 35.1 Å². The molecule has 0 aliphatic carbocycles. The first-order chi connectivity index (χ1) is 53.2. The van der Waals surface area contributed by atoms with Crippen LogP contribution in [-0.4, -0.2) is 107 Å². The Morgan fingerprint density at radius 3 is 1.09 bits per heavy atom. The van der Waals surface area contributed by atoms with Crippen molar-refractivity contribution in [3.05, 3.63) is 265 Å². The van der Waals surface area contributed by atoms with Crippen LogP contribution >= 0.6 is 0 Å². The summed E-state index contributed by atoms with van der Waals surface area (Å²) < 4.78 is 107. The van der Waals surface area contributed by atoms with Gasteiger partial charge < -0.3 is 45.1 Å². The van der Waals surface area contributed by atoms with Gasteiger partial charge in [0.15, 0.2) is 12.7 Å². The molecule has 116 heavy (non-hydrogen) atoms. The largest absolute Gasteiger partial charge is 0.438 e. The summed E-state index contributed by atoms with van der Waals surface area (Å²) in [7, 11) is -5.67. The number of halogens is 8. The maximum atomic E-state index is 13.8. The second kappa shape index (κ2) is 41.5. The molecule has 0 saturated carbocycles. The second-order valence-electron chi connectivity index (χ2n) is 30.9. The normalized spacial score (nSPS) is 11.3. The molecule has 1 aliphatic heterocycles. The van der Waals surface area contributed by atoms with E-state index in [1.54, 1.807) is 62.3 Å². The van der Waals surface area contributed by atoms with Crippen LogP contribution in [0.25, 0.3) is 79.6 Å². The molecule has 0 amide bonds. The van der Waals surface area contributed by atoms with Gasteiger partial charge in [-0.3, -0.25) is 40.1 Å². The summed E-state index contributed by atoms with van der Waals surface area (Å²) in [6.07, 6.45) is 12.5. The molecule has 0 spiro atoms. The van der Waals surface area contributed by atoms with Gasteiger partial charge in [-0.05, 0) is 107 Å². The zero-order chi connectivity index (χ0) is 82.3. The minimum absolute atomic E-state index is 0. The Labute approximate surface area is 714 Å². The molecule has 1 aliphatic rings. The van der Waals surface area contributed by atoms with Gasteiger partial charge in [0.25, 0.3) is 0 Å². The molecule has 611 valence electrons. The fourth-order valence-corrected chi connectivity index (χ4v) is 14.5. The number of imidazole rings is 1. The number of aryl methyl sites for hydroxylation is 3. The number of pyridine rings is 11. The van der Waals surface area contributed by atoms with E-state index in [0.717, 1.165) is 64.0 Å². The molecule has 19 nitrogen and oxygen atoms in total. The van der Waals surface area contributed by atoms with Gasteiger partial charge in [0, 0.05) is 137 Å². The summed E-state index contributed by atoms with van der Waals surface area (Å²) in [5.74, 6) is -3.44. The Balaban J connectivity index is 0.000000210. The number of hydrogen-bond donors (Lipinski definition) is 0. The molecule has 34 heteroatoms. The third kappa shape index (κ3) is 26.7. The van der Waals surface area contributed by atoms with Gasteiger partial charge in [-0.25, -0.2) is 26.3 Å². The van der Waals surface area contributed by atoms with Gasteiger partial charge in [0.05, 0.1) is 49.4 Å². The number of nitrogens with zero attached hydrogens (tertiary/aromatic N) is 19. The third-order valence-corrected chi connectivity index (χ3v) is 25.0. The smallest absolute Gasteiger partial charge is 0.230 e. The number of fused-ring (bicyclic) bond motifs is 3. The first-order valence-corrected chi connectivity index (χ1v) is 49.6. The van der Waals surface area contributed by atoms with Gasteiger partial charge in [-0.2, -0.15) is 18.3 Å². The van der Waals surface area contributed by atoms with Crippen molar-refractivity contribution in [1.29, 1.82) is 0 Å². The molecule has 0 fully saturated rings. The van der Waals surface area contributed by atoms with Crippen molar-refractivity contribution < 1.29 is 100 Å². The van der Waals surface area contributed by atoms with Gasteiger partial charge in [-0.1, -0.05) is 206 Å². The van der Waals surface area contributed by atoms with Gasteiger partial charge >= 0.3 is 0 Å². The summed E-state index contributed by atoms with van der Waals surface area (Å²) in [6, 6.07) is 43.8. The number of rotatable bonds is 10. The van der Waals surface area contributed by atoms with Crippen molar-refractivity contribution >= 4 is 53.0 Å². The molecule has 0 N–H and O–H groups in total. The van der Waals surface area contributed by atoms with Crippen molar-refractivity contribution in [3.8, 4) is 79.6 Å². The van der Waals surface area contributed by atoms with Gasteiger partial charge in [0.2, 0.25) is 17.6 Å². The van der Waals surface area contributed by atoms with Crippen molar-refractivity contribution in [2.75, 3.05) is 0 Å². The average molecular weight is 2180 g/mol. The molecule has 14 aromatic rings. The standard InChI is InChI=1S/C14H15F2N2Si.3C13H13F2N2Si.C11H13N4.C10H10N3.C8H7N4.3Ir/c1-19(2,3)10-4-5-11-13-9(7-18(11)8-10)6-12(15)17-14(13)16;3*1-18(2,3)9-4-6-11(16-8-9)10-5-7-12(14)17-13(10)15;1-11(2,3)10-13-9(14-15-10)8-6-4-5-7-12-8;1-7-8(2)13-10(12-7)9-5-3-4-6-11-9;1-6-10-8(12-11-6)7-4-2-3-5-9-7;;;/h4-6,8H,7H2,1-3H3;3*4,6-8H,1-3H3;4-7H,1-3H3;3-6H,1-2H3;2-5H,1H3;;;/q+1;6*-1;;;. The van der Waals surface area contributed by atoms with Crippen molar-refractivity contribution in [2.45, 2.75) is 132 Å². The van der Waals surface area contributed by atoms with Crippen LogP contribution in [0.2, 0.25) is 78.6 Å². The Morgan fingerprint density at radius 1 is 0.397 bits per heavy atom. The first-order valence-electron chi connectivity index (χ1n) is 35.6. The fraction of sp³-hybridized carbons (Fsp3) is 0.244. The molecule has 0 bridgehead atoms. The third-order valence-electron chi connectivity index (χ3n) is 16.8. The fourth-order valence-electron chi connectivity index (χ4n) is 10.3. The van der Waals surface area contributed by atoms with E-state index in [1.807, 2.05) is 97.3 Å². The minimum Gasteiger partial charge on any atom is -0.438 e. The van der Waals surface area contributed by atoms with Crippen LogP contribution < -0.4 is 40.5 Å². The molecule has 0 atom stereocenters. The molecule has 14 aromatic heterocycles. The molecule has 0 saturated heterocycles. The van der Waals surface area contributed by atoms with E-state index in [9.17, 15) is 35.1 Å². The Kier molecular flexibility index (Phi) is 34.1. The quantitative estimate of drug-likeness (QED) is 0.0406. The molecule has 0 unspecified atom stereocenters. The van der Waals surface area contributed by atoms with Gasteiger partial charge in [-0.15, -0.1) is 18.2 Å². The Hall–Kier alpha value is -9.60. The van der Waals surface area contributed by atoms with E-state index < -0.39 is 79.9 Å². The topological polar surface area (TPSA) is 240 Å². The zero-order valence-electron chi connectivity index (χ0n) is 66.9. The number of hydrogen-bond acceptors (Lipinski definition) is 15. The maximum Gasteiger partial charge on any atom is 0.230 e. The summed E-state index contributed by atoms with van der Waals surface area (Å²) in [6.45, 7) is 39.0. The summed E-state index contributed by atoms with van der Waals surface area (Å²) in [4.78, 5) is 54.8. The molecular weight excluding hydrogens is 2090 g/mol. The van der Waals surface area contributed by atoms with Crippen LogP contribution in [0, 0.1) is 86.6 Å². The van der Waals surface area contributed by atoms with Crippen molar-refractivity contribution in [1.82, 2.24) is 90.2 Å². The zero-order valence-corrected chi connectivity index (χ0v) is 78.1. The SMILES string of the molecule is CC(C)(C)c1n[n-]c(-c2ccccn2)n1.C[Si](C)(C)c1ccc(-c2[c-]cc(F)nc2F)nc1.C[Si](C)(C)c1ccc(-c2[c-]cc(F)nc2F)nc1.C[Si](C)(C)c1ccc(-c2[c-]cc(F)nc2F)nc1.C[Si](C)(C)c1ccc2[n+](c1)Cc1cc(F)nc(F)c1-2.Cc1n[n-]c(-c2ccccn2)n1.Cc1nc(-c2ccccn2)[n-]c1C.[Ir].[Ir].[Ir]. The summed E-state index contributed by atoms with van der Waals surface area (Å²) in [5.41, 5.74) is 7.66. The van der Waals surface area contributed by atoms with E-state index in [0.29, 0.717) is 52.2 Å². The van der Waals surface area contributed by atoms with Crippen molar-refractivity contribution in [2.24, 2.45) is 0 Å². The van der Waals surface area contributed by atoms with E-state index in [1.165, 1.54) is 26.8 Å². The van der Waals surface area contributed by atoms with E-state index in [-0.39, 0.29) is 82.4 Å². The van der Waals surface area contributed by atoms with E-state index in [2.05, 4.69) is 220 Å². The molecular formula is C82H84F8Ir3N19Si4-5. The predicted octanol–water partition coefficient (Wildman–Crippen LogP) is 14.8. The van der Waals surface area contributed by atoms with Crippen LogP contribution in [0.15, 0.2) is 171 Å². The summed E-state index contributed by atoms with van der Waals surface area (Å²) in [5, 5.41) is 20.6. The monoisotopic (exact) mass is 2180 g/mol. The average Bonchev–Trinajstić information content (AvgIpc) is 1.61. The first kappa shape index (κ1) is 95.2. The Morgan fingerprint density at radius 2 is 0.776 bits per heavy atom. The molecule has 0 aromatic carbocycles.